The summed E-state index contributed by atoms with van der Waals surface area (Å²) in [6, 6.07) is 54.0. The Hall–Kier alpha value is -4.33. The molecule has 0 N–H and O–H groups in total. The van der Waals surface area contributed by atoms with Gasteiger partial charge in [0.1, 0.15) is 0 Å². The van der Waals surface area contributed by atoms with Crippen LogP contribution in [-0.2, 0) is 11.5 Å². The van der Waals surface area contributed by atoms with E-state index in [4.69, 9.17) is 0 Å². The largest absolute Gasteiger partial charge is 0.152 e. The van der Waals surface area contributed by atoms with E-state index in [1.165, 1.54) is 66.8 Å². The smallest absolute Gasteiger partial charge is 0.0355 e. The van der Waals surface area contributed by atoms with Gasteiger partial charge in [0.15, 0.2) is 0 Å². The van der Waals surface area contributed by atoms with Crippen LogP contribution in [0.15, 0.2) is 146 Å². The molecular weight excluding hydrogens is 513 g/mol. The van der Waals surface area contributed by atoms with E-state index in [-0.39, 0.29) is 11.8 Å². The van der Waals surface area contributed by atoms with Gasteiger partial charge in [0.05, 0.1) is 0 Å². The summed E-state index contributed by atoms with van der Waals surface area (Å²) in [6.45, 7) is 0. The maximum atomic E-state index is 2.35. The van der Waals surface area contributed by atoms with Crippen LogP contribution in [0.4, 0.5) is 0 Å². The van der Waals surface area contributed by atoms with Gasteiger partial charge in [-0.15, -0.1) is 0 Å². The average Bonchev–Trinajstić information content (AvgIpc) is 3.55. The van der Waals surface area contributed by atoms with Crippen molar-refractivity contribution in [3.05, 3.63) is 190 Å². The molecule has 0 unspecified atom stereocenters. The molecule has 0 radical (unpaired) electrons. The fourth-order valence-corrected chi connectivity index (χ4v) is 8.21. The molecule has 0 saturated heterocycles. The molecule has 0 saturated carbocycles. The molecule has 0 bridgehead atoms. The molecule has 2 aliphatic carbocycles. The van der Waals surface area contributed by atoms with Crippen LogP contribution in [0.25, 0.3) is 22.3 Å². The van der Waals surface area contributed by atoms with Crippen molar-refractivity contribution in [1.82, 2.24) is 0 Å². The van der Waals surface area contributed by atoms with E-state index in [2.05, 4.69) is 146 Å². The van der Waals surface area contributed by atoms with Gasteiger partial charge in [0, 0.05) is 23.3 Å². The number of rotatable bonds is 6. The van der Waals surface area contributed by atoms with E-state index < -0.39 is 0 Å². The molecule has 0 heterocycles. The quantitative estimate of drug-likeness (QED) is 0.201. The molecule has 0 amide bonds. The van der Waals surface area contributed by atoms with E-state index in [9.17, 15) is 0 Å². The van der Waals surface area contributed by atoms with Crippen molar-refractivity contribution in [2.75, 3.05) is 0 Å². The molecule has 0 nitrogen and oxygen atoms in total. The van der Waals surface area contributed by atoms with Crippen LogP contribution in [0.1, 0.15) is 56.3 Å². The summed E-state index contributed by atoms with van der Waals surface area (Å²) in [5.41, 5.74) is 16.9. The summed E-state index contributed by atoms with van der Waals surface area (Å²) in [4.78, 5) is 0. The predicted molar refractivity (Wildman–Crippen MR) is 174 cm³/mol. The third kappa shape index (κ3) is 4.07. The fourth-order valence-electron chi connectivity index (χ4n) is 7.15. The lowest BCUT2D eigenvalue weighted by atomic mass is 9.87. The highest BCUT2D eigenvalue weighted by molar-refractivity contribution is 7.97. The van der Waals surface area contributed by atoms with Gasteiger partial charge >= 0.3 is 0 Å². The average molecular weight is 543 g/mol. The minimum atomic E-state index is 0.290. The first-order valence-electron chi connectivity index (χ1n) is 14.5. The second-order valence-electron chi connectivity index (χ2n) is 11.1. The highest BCUT2D eigenvalue weighted by atomic mass is 32.2. The lowest BCUT2D eigenvalue weighted by molar-refractivity contribution is 0.989. The Morgan fingerprint density at radius 3 is 0.927 bits per heavy atom. The van der Waals surface area contributed by atoms with Crippen molar-refractivity contribution in [2.45, 2.75) is 23.3 Å². The third-order valence-electron chi connectivity index (χ3n) is 8.91. The highest BCUT2D eigenvalue weighted by Gasteiger charge is 2.32. The van der Waals surface area contributed by atoms with Crippen molar-refractivity contribution in [3.63, 3.8) is 0 Å². The van der Waals surface area contributed by atoms with Crippen molar-refractivity contribution in [2.24, 2.45) is 0 Å². The van der Waals surface area contributed by atoms with Crippen LogP contribution in [0.3, 0.4) is 0 Å². The molecule has 0 fully saturated rings. The predicted octanol–water partition coefficient (Wildman–Crippen LogP) is 10.4. The van der Waals surface area contributed by atoms with E-state index in [0.29, 0.717) is 0 Å². The summed E-state index contributed by atoms with van der Waals surface area (Å²) < 4.78 is 0. The Morgan fingerprint density at radius 2 is 0.585 bits per heavy atom. The molecule has 0 atom stereocenters. The first-order valence-corrected chi connectivity index (χ1v) is 15.6. The van der Waals surface area contributed by atoms with Gasteiger partial charge in [0.25, 0.3) is 0 Å². The normalized spacial score (nSPS) is 13.5. The molecule has 8 rings (SSSR count). The van der Waals surface area contributed by atoms with Gasteiger partial charge in [-0.25, -0.2) is 0 Å². The summed E-state index contributed by atoms with van der Waals surface area (Å²) in [6.07, 6.45) is 0. The fraction of sp³-hybridized carbons (Fsp3) is 0.100. The molecule has 1 heteroatoms. The topological polar surface area (TPSA) is 0 Å². The van der Waals surface area contributed by atoms with Crippen molar-refractivity contribution < 1.29 is 0 Å². The summed E-state index contributed by atoms with van der Waals surface area (Å²) in [5.74, 6) is 2.56. The van der Waals surface area contributed by atoms with Crippen LogP contribution in [-0.4, -0.2) is 0 Å². The molecule has 41 heavy (non-hydrogen) atoms. The monoisotopic (exact) mass is 542 g/mol. The van der Waals surface area contributed by atoms with Gasteiger partial charge in [0.2, 0.25) is 0 Å². The summed E-state index contributed by atoms with van der Waals surface area (Å²) in [7, 11) is 0. The zero-order chi connectivity index (χ0) is 27.2. The Bertz CT molecular complexity index is 1670. The molecule has 196 valence electrons. The molecule has 0 aromatic heterocycles. The first kappa shape index (κ1) is 24.5. The van der Waals surface area contributed by atoms with Gasteiger partial charge in [-0.2, -0.15) is 11.8 Å². The number of thioether (sulfide) groups is 1. The minimum absolute atomic E-state index is 0.290. The van der Waals surface area contributed by atoms with Crippen LogP contribution in [0.5, 0.6) is 0 Å². The molecular formula is C40H30S. The number of hydrogen-bond donors (Lipinski definition) is 0. The van der Waals surface area contributed by atoms with E-state index in [1.54, 1.807) is 0 Å². The van der Waals surface area contributed by atoms with Crippen molar-refractivity contribution in [1.29, 1.82) is 0 Å². The lowest BCUT2D eigenvalue weighted by Crippen LogP contribution is -2.04. The second kappa shape index (κ2) is 10.3. The van der Waals surface area contributed by atoms with Crippen LogP contribution in [0.2, 0.25) is 0 Å². The van der Waals surface area contributed by atoms with Crippen molar-refractivity contribution >= 4 is 11.8 Å². The van der Waals surface area contributed by atoms with E-state index in [1.807, 2.05) is 11.8 Å². The number of hydrogen-bond acceptors (Lipinski definition) is 1. The maximum Gasteiger partial charge on any atom is 0.0355 e. The Kier molecular flexibility index (Phi) is 6.12. The molecule has 0 spiro atoms. The summed E-state index contributed by atoms with van der Waals surface area (Å²) >= 11 is 2.03. The zero-order valence-electron chi connectivity index (χ0n) is 22.8. The van der Waals surface area contributed by atoms with E-state index >= 15 is 0 Å². The van der Waals surface area contributed by atoms with Crippen molar-refractivity contribution in [3.8, 4) is 22.3 Å². The van der Waals surface area contributed by atoms with Gasteiger partial charge in [-0.1, -0.05) is 146 Å². The van der Waals surface area contributed by atoms with Gasteiger partial charge < -0.3 is 0 Å². The minimum Gasteiger partial charge on any atom is -0.152 e. The summed E-state index contributed by atoms with van der Waals surface area (Å²) in [5, 5.41) is 0. The molecule has 6 aromatic carbocycles. The standard InChI is InChI=1S/C40H30S/c1-3-15-29(39-35-21-9-5-17-31(35)32-18-6-10-22-36(32)39)27(13-1)25-41-26-28-14-2-4-16-30(28)40-37-23-11-7-19-33(37)34-20-8-12-24-38(34)40/h1-24,39-40H,25-26H2. The van der Waals surface area contributed by atoms with Gasteiger partial charge in [-0.05, 0) is 66.8 Å². The maximum absolute atomic E-state index is 2.35. The zero-order valence-corrected chi connectivity index (χ0v) is 23.7. The molecule has 6 aromatic rings. The SMILES string of the molecule is c1ccc(C2c3ccccc3-c3ccccc32)c(CSCc2ccccc2C2c3ccccc3-c3ccccc32)c1. The van der Waals surface area contributed by atoms with E-state index in [0.717, 1.165) is 11.5 Å². The second-order valence-corrected chi connectivity index (χ2v) is 12.1. The Labute approximate surface area is 246 Å². The molecule has 0 aliphatic heterocycles. The number of benzene rings is 6. The van der Waals surface area contributed by atoms with Gasteiger partial charge in [-0.3, -0.25) is 0 Å². The lowest BCUT2D eigenvalue weighted by Gasteiger charge is -2.20. The Morgan fingerprint density at radius 1 is 0.317 bits per heavy atom. The number of fused-ring (bicyclic) bond motifs is 6. The van der Waals surface area contributed by atoms with Crippen LogP contribution in [0, 0.1) is 0 Å². The third-order valence-corrected chi connectivity index (χ3v) is 9.95. The van der Waals surface area contributed by atoms with Crippen LogP contribution >= 0.6 is 11.8 Å². The first-order chi connectivity index (χ1) is 20.4. The highest BCUT2D eigenvalue weighted by Crippen LogP contribution is 2.50. The van der Waals surface area contributed by atoms with Crippen LogP contribution < -0.4 is 0 Å². The molecule has 2 aliphatic rings. The Balaban J connectivity index is 1.10.